The molecule has 9 heteroatoms. The number of carbonyl (C=O) groups excluding carboxylic acids is 1. The molecule has 0 unspecified atom stereocenters. The average molecular weight is 336 g/mol. The molecule has 23 heavy (non-hydrogen) atoms. The maximum Gasteiger partial charge on any atom is 0.461 e. The summed E-state index contributed by atoms with van der Waals surface area (Å²) in [7, 11) is 0. The van der Waals surface area contributed by atoms with E-state index < -0.39 is 36.3 Å². The summed E-state index contributed by atoms with van der Waals surface area (Å²) in [5.41, 5.74) is 5.35. The van der Waals surface area contributed by atoms with Gasteiger partial charge in [-0.05, 0) is 18.6 Å². The van der Waals surface area contributed by atoms with Crippen LogP contribution in [0.15, 0.2) is 24.3 Å². The van der Waals surface area contributed by atoms with E-state index >= 15 is 0 Å². The molecule has 1 aromatic carbocycles. The predicted octanol–water partition coefficient (Wildman–Crippen LogP) is 1.46. The van der Waals surface area contributed by atoms with Gasteiger partial charge in [0, 0.05) is 19.1 Å². The minimum Gasteiger partial charge on any atom is -0.427 e. The van der Waals surface area contributed by atoms with Crippen molar-refractivity contribution in [2.24, 2.45) is 5.73 Å². The molecule has 3 N–H and O–H groups in total. The number of amides is 1. The van der Waals surface area contributed by atoms with Crippen LogP contribution in [0.1, 0.15) is 16.8 Å². The van der Waals surface area contributed by atoms with Crippen molar-refractivity contribution in [1.29, 1.82) is 0 Å². The molecule has 1 amide bonds. The van der Waals surface area contributed by atoms with Crippen LogP contribution in [-0.4, -0.2) is 53.7 Å². The van der Waals surface area contributed by atoms with Gasteiger partial charge in [-0.2, -0.15) is 17.6 Å². The van der Waals surface area contributed by atoms with Crippen LogP contribution in [0.2, 0.25) is 0 Å². The number of aliphatic hydroxyl groups is 1. The average Bonchev–Trinajstić information content (AvgIpc) is 2.49. The van der Waals surface area contributed by atoms with Gasteiger partial charge >= 0.3 is 12.5 Å². The number of hydrogen-bond acceptors (Lipinski definition) is 4. The number of para-hydroxylation sites is 1. The number of halogens is 4. The zero-order valence-electron chi connectivity index (χ0n) is 12.0. The minimum atomic E-state index is -4.71. The Hall–Kier alpha value is -1.87. The van der Waals surface area contributed by atoms with Crippen molar-refractivity contribution in [3.05, 3.63) is 29.8 Å². The highest BCUT2D eigenvalue weighted by molar-refractivity contribution is 5.97. The van der Waals surface area contributed by atoms with Gasteiger partial charge in [-0.25, -0.2) is 0 Å². The van der Waals surface area contributed by atoms with Gasteiger partial charge in [0.2, 0.25) is 0 Å². The fraction of sp³-hybridized carbons (Fsp3) is 0.500. The quantitative estimate of drug-likeness (QED) is 0.816. The van der Waals surface area contributed by atoms with E-state index in [4.69, 9.17) is 5.73 Å². The van der Waals surface area contributed by atoms with Crippen LogP contribution in [0.3, 0.4) is 0 Å². The van der Waals surface area contributed by atoms with Gasteiger partial charge in [0.05, 0.1) is 11.7 Å². The summed E-state index contributed by atoms with van der Waals surface area (Å²) >= 11 is 0. The normalized spacial score (nSPS) is 22.3. The molecule has 1 heterocycles. The number of nitrogens with zero attached hydrogens (tertiary/aromatic N) is 1. The van der Waals surface area contributed by atoms with Gasteiger partial charge in [0.15, 0.2) is 0 Å². The Labute approximate surface area is 129 Å². The van der Waals surface area contributed by atoms with Crippen molar-refractivity contribution in [2.45, 2.75) is 31.1 Å². The number of aliphatic hydroxyl groups excluding tert-OH is 1. The van der Waals surface area contributed by atoms with Crippen molar-refractivity contribution in [3.8, 4) is 5.75 Å². The van der Waals surface area contributed by atoms with E-state index in [0.717, 1.165) is 6.07 Å². The highest BCUT2D eigenvalue weighted by Crippen LogP contribution is 2.30. The summed E-state index contributed by atoms with van der Waals surface area (Å²) < 4.78 is 54.7. The second-order valence-corrected chi connectivity index (χ2v) is 5.23. The summed E-state index contributed by atoms with van der Waals surface area (Å²) in [6.45, 7) is 0.149. The number of ether oxygens (including phenoxy) is 1. The Morgan fingerprint density at radius 1 is 1.39 bits per heavy atom. The van der Waals surface area contributed by atoms with Gasteiger partial charge in [0.25, 0.3) is 5.91 Å². The third-order valence-electron chi connectivity index (χ3n) is 3.54. The van der Waals surface area contributed by atoms with Gasteiger partial charge in [-0.15, -0.1) is 0 Å². The van der Waals surface area contributed by atoms with E-state index in [1.807, 2.05) is 0 Å². The molecule has 1 fully saturated rings. The third kappa shape index (κ3) is 3.91. The molecular formula is C14H16F4N2O3. The zero-order chi connectivity index (χ0) is 17.2. The van der Waals surface area contributed by atoms with Crippen molar-refractivity contribution in [1.82, 2.24) is 4.90 Å². The lowest BCUT2D eigenvalue weighted by molar-refractivity contribution is -0.253. The van der Waals surface area contributed by atoms with E-state index in [0.29, 0.717) is 6.42 Å². The van der Waals surface area contributed by atoms with E-state index in [1.165, 1.54) is 23.1 Å². The molecule has 128 valence electrons. The molecule has 2 atom stereocenters. The van der Waals surface area contributed by atoms with Crippen molar-refractivity contribution < 1.29 is 32.2 Å². The Kier molecular flexibility index (Phi) is 5.10. The SMILES string of the molecule is N[C@@H]1CCN(C(=O)c2ccccc2OC(F)(F)C(F)F)C[C@H]1O. The lowest BCUT2D eigenvalue weighted by Gasteiger charge is -2.34. The van der Waals surface area contributed by atoms with Gasteiger partial charge < -0.3 is 20.5 Å². The predicted molar refractivity (Wildman–Crippen MR) is 72.5 cm³/mol. The smallest absolute Gasteiger partial charge is 0.427 e. The highest BCUT2D eigenvalue weighted by Gasteiger charge is 2.44. The Morgan fingerprint density at radius 2 is 2.04 bits per heavy atom. The summed E-state index contributed by atoms with van der Waals surface area (Å²) in [4.78, 5) is 13.6. The van der Waals surface area contributed by atoms with E-state index in [1.54, 1.807) is 0 Å². The summed E-state index contributed by atoms with van der Waals surface area (Å²) in [6.07, 6.45) is -9.34. The first-order valence-corrected chi connectivity index (χ1v) is 6.89. The van der Waals surface area contributed by atoms with Crippen LogP contribution in [-0.2, 0) is 0 Å². The second kappa shape index (κ2) is 6.71. The minimum absolute atomic E-state index is 0.0699. The lowest BCUT2D eigenvalue weighted by atomic mass is 10.0. The number of rotatable bonds is 4. The van der Waals surface area contributed by atoms with Gasteiger partial charge in [-0.1, -0.05) is 12.1 Å². The number of piperidine rings is 1. The molecule has 0 aromatic heterocycles. The molecule has 2 rings (SSSR count). The van der Waals surface area contributed by atoms with Crippen LogP contribution in [0.25, 0.3) is 0 Å². The van der Waals surface area contributed by atoms with E-state index in [2.05, 4.69) is 4.74 Å². The topological polar surface area (TPSA) is 75.8 Å². The second-order valence-electron chi connectivity index (χ2n) is 5.23. The van der Waals surface area contributed by atoms with Gasteiger partial charge in [0.1, 0.15) is 5.75 Å². The van der Waals surface area contributed by atoms with Crippen LogP contribution in [0.4, 0.5) is 17.6 Å². The molecule has 0 spiro atoms. The number of β-amino-alcohol motifs (C(OH)–C–C–N with tert-alkyl or cyclic N) is 1. The van der Waals surface area contributed by atoms with Crippen molar-refractivity contribution in [3.63, 3.8) is 0 Å². The Morgan fingerprint density at radius 3 is 2.65 bits per heavy atom. The molecule has 0 radical (unpaired) electrons. The molecule has 0 aliphatic carbocycles. The third-order valence-corrected chi connectivity index (χ3v) is 3.54. The molecule has 1 aliphatic rings. The maximum atomic E-state index is 13.1. The molecule has 1 aromatic rings. The fourth-order valence-electron chi connectivity index (χ4n) is 2.23. The molecular weight excluding hydrogens is 320 g/mol. The Balaban J connectivity index is 2.21. The van der Waals surface area contributed by atoms with E-state index in [9.17, 15) is 27.5 Å². The van der Waals surface area contributed by atoms with Crippen LogP contribution in [0, 0.1) is 0 Å². The Bertz CT molecular complexity index is 571. The summed E-state index contributed by atoms with van der Waals surface area (Å²) in [5, 5.41) is 9.70. The molecule has 5 nitrogen and oxygen atoms in total. The summed E-state index contributed by atoms with van der Waals surface area (Å²) in [6, 6.07) is 4.41. The van der Waals surface area contributed by atoms with E-state index in [-0.39, 0.29) is 18.7 Å². The standard InChI is InChI=1S/C14H16F4N2O3/c15-13(16)14(17,18)23-11-4-2-1-3-8(11)12(22)20-6-5-9(19)10(21)7-20/h1-4,9-10,13,21H,5-7,19H2/t9-,10-/m1/s1. The zero-order valence-corrected chi connectivity index (χ0v) is 12.0. The van der Waals surface area contributed by atoms with Crippen molar-refractivity contribution in [2.75, 3.05) is 13.1 Å². The molecule has 1 saturated heterocycles. The number of benzene rings is 1. The van der Waals surface area contributed by atoms with Crippen LogP contribution < -0.4 is 10.5 Å². The lowest BCUT2D eigenvalue weighted by Crippen LogP contribution is -2.52. The number of nitrogens with two attached hydrogens (primary N) is 1. The first kappa shape index (κ1) is 17.5. The number of alkyl halides is 4. The molecule has 0 bridgehead atoms. The maximum absolute atomic E-state index is 13.1. The first-order valence-electron chi connectivity index (χ1n) is 6.89. The number of carbonyl (C=O) groups is 1. The van der Waals surface area contributed by atoms with Gasteiger partial charge in [-0.3, -0.25) is 4.79 Å². The highest BCUT2D eigenvalue weighted by atomic mass is 19.3. The largest absolute Gasteiger partial charge is 0.461 e. The molecule has 1 aliphatic heterocycles. The first-order chi connectivity index (χ1) is 10.7. The molecule has 0 saturated carbocycles. The van der Waals surface area contributed by atoms with Crippen molar-refractivity contribution >= 4 is 5.91 Å². The van der Waals surface area contributed by atoms with Crippen LogP contribution >= 0.6 is 0 Å². The number of hydrogen-bond donors (Lipinski definition) is 2. The summed E-state index contributed by atoms with van der Waals surface area (Å²) in [5.74, 6) is -1.34. The fourth-order valence-corrected chi connectivity index (χ4v) is 2.23. The monoisotopic (exact) mass is 336 g/mol. The number of likely N-dealkylation sites (tertiary alicyclic amines) is 1. The van der Waals surface area contributed by atoms with Crippen LogP contribution in [0.5, 0.6) is 5.75 Å².